The Hall–Kier alpha value is -2.02. The summed E-state index contributed by atoms with van der Waals surface area (Å²) in [6.07, 6.45) is 4.68. The fraction of sp³-hybridized carbons (Fsp3) is 0.250. The van der Waals surface area contributed by atoms with Crippen LogP contribution in [0, 0.1) is 0 Å². The number of rotatable bonds is 6. The molecule has 2 N–H and O–H groups in total. The van der Waals surface area contributed by atoms with Crippen molar-refractivity contribution in [1.29, 1.82) is 0 Å². The zero-order chi connectivity index (χ0) is 13.7. The van der Waals surface area contributed by atoms with Crippen molar-refractivity contribution < 1.29 is 14.3 Å². The van der Waals surface area contributed by atoms with E-state index in [1.165, 1.54) is 12.3 Å². The van der Waals surface area contributed by atoms with Crippen LogP contribution in [0.3, 0.4) is 0 Å². The first-order chi connectivity index (χ1) is 9.19. The van der Waals surface area contributed by atoms with E-state index in [1.807, 2.05) is 6.92 Å². The van der Waals surface area contributed by atoms with Crippen LogP contribution in [0.2, 0.25) is 0 Å². The average molecular weight is 279 g/mol. The molecule has 0 aromatic carbocycles. The highest BCUT2D eigenvalue weighted by molar-refractivity contribution is 8.04. The molecule has 0 atom stereocenters. The van der Waals surface area contributed by atoms with Gasteiger partial charge in [0.1, 0.15) is 16.5 Å². The van der Waals surface area contributed by atoms with Gasteiger partial charge in [-0.25, -0.2) is 9.78 Å². The van der Waals surface area contributed by atoms with Crippen LogP contribution >= 0.6 is 11.8 Å². The van der Waals surface area contributed by atoms with Crippen molar-refractivity contribution in [3.8, 4) is 0 Å². The lowest BCUT2D eigenvalue weighted by atomic mass is 10.3. The topological polar surface area (TPSA) is 92.0 Å². The molecule has 0 aliphatic rings. The highest BCUT2D eigenvalue weighted by atomic mass is 32.2. The number of carbonyl (C=O) groups is 1. The molecule has 0 aliphatic carbocycles. The summed E-state index contributed by atoms with van der Waals surface area (Å²) < 4.78 is 5.09. The Bertz CT molecular complexity index is 575. The van der Waals surface area contributed by atoms with Crippen LogP contribution in [0.15, 0.2) is 32.9 Å². The lowest BCUT2D eigenvalue weighted by molar-refractivity contribution is -0.131. The number of furan rings is 1. The zero-order valence-corrected chi connectivity index (χ0v) is 11.1. The predicted molar refractivity (Wildman–Crippen MR) is 70.6 cm³/mol. The molecule has 100 valence electrons. The first-order valence-corrected chi connectivity index (χ1v) is 6.58. The Morgan fingerprint density at radius 2 is 2.47 bits per heavy atom. The average Bonchev–Trinajstić information content (AvgIpc) is 3.01. The van der Waals surface area contributed by atoms with Gasteiger partial charge in [0.2, 0.25) is 5.16 Å². The Morgan fingerprint density at radius 1 is 1.63 bits per heavy atom. The van der Waals surface area contributed by atoms with E-state index in [1.54, 1.807) is 12.1 Å². The predicted octanol–water partition coefficient (Wildman–Crippen LogP) is 2.57. The molecule has 0 saturated heterocycles. The van der Waals surface area contributed by atoms with Gasteiger partial charge in [0.05, 0.1) is 6.26 Å². The first-order valence-electron chi connectivity index (χ1n) is 5.76. The van der Waals surface area contributed by atoms with Gasteiger partial charge in [0.15, 0.2) is 0 Å². The van der Waals surface area contributed by atoms with E-state index in [-0.39, 0.29) is 4.91 Å². The third-order valence-corrected chi connectivity index (χ3v) is 3.10. The quantitative estimate of drug-likeness (QED) is 0.623. The Kier molecular flexibility index (Phi) is 4.40. The van der Waals surface area contributed by atoms with Gasteiger partial charge in [0, 0.05) is 12.5 Å². The van der Waals surface area contributed by atoms with Crippen molar-refractivity contribution in [3.63, 3.8) is 0 Å². The van der Waals surface area contributed by atoms with Gasteiger partial charge < -0.3 is 9.52 Å². The monoisotopic (exact) mass is 279 g/mol. The van der Waals surface area contributed by atoms with Crippen LogP contribution in [0.4, 0.5) is 0 Å². The van der Waals surface area contributed by atoms with E-state index in [0.717, 1.165) is 30.4 Å². The lowest BCUT2D eigenvalue weighted by Crippen LogP contribution is -1.97. The summed E-state index contributed by atoms with van der Waals surface area (Å²) in [6.45, 7) is 2.04. The number of aromatic amines is 1. The number of hydrogen-bond acceptors (Lipinski definition) is 5. The van der Waals surface area contributed by atoms with Gasteiger partial charge in [-0.3, -0.25) is 5.10 Å². The Balaban J connectivity index is 2.14. The first kappa shape index (κ1) is 13.4. The van der Waals surface area contributed by atoms with Crippen molar-refractivity contribution >= 4 is 23.8 Å². The van der Waals surface area contributed by atoms with Crippen molar-refractivity contribution in [2.45, 2.75) is 24.9 Å². The molecule has 0 spiro atoms. The molecular weight excluding hydrogens is 266 g/mol. The Labute approximate surface area is 113 Å². The van der Waals surface area contributed by atoms with Crippen molar-refractivity contribution in [1.82, 2.24) is 15.2 Å². The second-order valence-electron chi connectivity index (χ2n) is 3.75. The summed E-state index contributed by atoms with van der Waals surface area (Å²) in [5.74, 6) is 0.199. The van der Waals surface area contributed by atoms with E-state index < -0.39 is 5.97 Å². The fourth-order valence-corrected chi connectivity index (χ4v) is 2.11. The van der Waals surface area contributed by atoms with E-state index in [2.05, 4.69) is 15.2 Å². The van der Waals surface area contributed by atoms with Gasteiger partial charge in [-0.2, -0.15) is 0 Å². The number of carboxylic acids is 1. The molecule has 2 rings (SSSR count). The molecule has 0 radical (unpaired) electrons. The summed E-state index contributed by atoms with van der Waals surface area (Å²) in [4.78, 5) is 15.5. The molecule has 7 heteroatoms. The number of aryl methyl sites for hydroxylation is 1. The minimum absolute atomic E-state index is 0.108. The highest BCUT2D eigenvalue weighted by Gasteiger charge is 2.14. The number of nitrogens with zero attached hydrogens (tertiary/aromatic N) is 2. The number of aliphatic carboxylic acids is 1. The molecule has 0 bridgehead atoms. The lowest BCUT2D eigenvalue weighted by Gasteiger charge is -1.96. The fourth-order valence-electron chi connectivity index (χ4n) is 1.41. The van der Waals surface area contributed by atoms with Crippen molar-refractivity contribution in [3.05, 3.63) is 34.9 Å². The van der Waals surface area contributed by atoms with Gasteiger partial charge in [-0.05, 0) is 30.3 Å². The van der Waals surface area contributed by atoms with Crippen LogP contribution in [-0.4, -0.2) is 26.3 Å². The summed E-state index contributed by atoms with van der Waals surface area (Å²) in [7, 11) is 0. The molecule has 19 heavy (non-hydrogen) atoms. The molecule has 2 aromatic heterocycles. The maximum Gasteiger partial charge on any atom is 0.342 e. The van der Waals surface area contributed by atoms with Crippen LogP contribution in [0.1, 0.15) is 24.9 Å². The second kappa shape index (κ2) is 6.24. The van der Waals surface area contributed by atoms with Crippen LogP contribution in [-0.2, 0) is 11.2 Å². The summed E-state index contributed by atoms with van der Waals surface area (Å²) in [5.41, 5.74) is 0. The van der Waals surface area contributed by atoms with Crippen LogP contribution in [0.5, 0.6) is 0 Å². The zero-order valence-electron chi connectivity index (χ0n) is 10.3. The van der Waals surface area contributed by atoms with Gasteiger partial charge >= 0.3 is 5.97 Å². The van der Waals surface area contributed by atoms with E-state index in [0.29, 0.717) is 10.9 Å². The summed E-state index contributed by atoms with van der Waals surface area (Å²) in [5, 5.41) is 16.3. The van der Waals surface area contributed by atoms with E-state index in [9.17, 15) is 4.79 Å². The minimum atomic E-state index is -1.04. The molecule has 6 nitrogen and oxygen atoms in total. The van der Waals surface area contributed by atoms with Gasteiger partial charge in [-0.1, -0.05) is 6.92 Å². The number of thioether (sulfide) groups is 1. The van der Waals surface area contributed by atoms with Crippen molar-refractivity contribution in [2.24, 2.45) is 0 Å². The molecule has 2 aromatic rings. The third-order valence-electron chi connectivity index (χ3n) is 2.23. The minimum Gasteiger partial charge on any atom is -0.477 e. The molecular formula is C12H13N3O3S. The smallest absolute Gasteiger partial charge is 0.342 e. The summed E-state index contributed by atoms with van der Waals surface area (Å²) in [6, 6.07) is 3.38. The molecule has 0 aliphatic heterocycles. The number of nitrogens with one attached hydrogen (secondary N) is 1. The molecule has 2 heterocycles. The highest BCUT2D eigenvalue weighted by Crippen LogP contribution is 2.25. The normalized spacial score (nSPS) is 11.7. The third kappa shape index (κ3) is 3.72. The molecule has 0 amide bonds. The number of carboxylic acid groups (broad SMARTS) is 1. The van der Waals surface area contributed by atoms with E-state index >= 15 is 0 Å². The largest absolute Gasteiger partial charge is 0.477 e. The van der Waals surface area contributed by atoms with Gasteiger partial charge in [0.25, 0.3) is 0 Å². The SMILES string of the molecule is CCCc1nc(S/C(=C\c2ccco2)C(=O)O)n[nH]1. The number of H-pyrrole nitrogens is 1. The standard InChI is InChI=1S/C12H13N3O3S/c1-2-4-10-13-12(15-14-10)19-9(11(16)17)7-8-5-3-6-18-8/h3,5-7H,2,4H2,1H3,(H,16,17)(H,13,14,15)/b9-7-. The van der Waals surface area contributed by atoms with Crippen LogP contribution in [0.25, 0.3) is 6.08 Å². The number of aromatic nitrogens is 3. The molecule has 0 saturated carbocycles. The van der Waals surface area contributed by atoms with E-state index in [4.69, 9.17) is 9.52 Å². The van der Waals surface area contributed by atoms with Gasteiger partial charge in [-0.15, -0.1) is 5.10 Å². The maximum atomic E-state index is 11.2. The summed E-state index contributed by atoms with van der Waals surface area (Å²) >= 11 is 0.990. The van der Waals surface area contributed by atoms with Crippen LogP contribution < -0.4 is 0 Å². The Morgan fingerprint density at radius 3 is 3.11 bits per heavy atom. The van der Waals surface area contributed by atoms with Crippen molar-refractivity contribution in [2.75, 3.05) is 0 Å². The molecule has 0 fully saturated rings. The second-order valence-corrected chi connectivity index (χ2v) is 4.75. The maximum absolute atomic E-state index is 11.2. The molecule has 0 unspecified atom stereocenters. The number of hydrogen-bond donors (Lipinski definition) is 2.